The fourth-order valence-electron chi connectivity index (χ4n) is 1.57. The number of rotatable bonds is 7. The maximum absolute atomic E-state index is 11.0. The molecule has 0 radical (unpaired) electrons. The molecule has 21 heavy (non-hydrogen) atoms. The quantitative estimate of drug-likeness (QED) is 0.468. The Morgan fingerprint density at radius 1 is 1.24 bits per heavy atom. The third kappa shape index (κ3) is 4.23. The van der Waals surface area contributed by atoms with Crippen LogP contribution in [0.1, 0.15) is 33.6 Å². The van der Waals surface area contributed by atoms with Crippen LogP contribution in [-0.2, 0) is 0 Å². The van der Waals surface area contributed by atoms with Gasteiger partial charge in [0.2, 0.25) is 0 Å². The van der Waals surface area contributed by atoms with Crippen molar-refractivity contribution in [3.63, 3.8) is 0 Å². The molecule has 0 spiro atoms. The molecule has 0 bridgehead atoms. The van der Waals surface area contributed by atoms with Gasteiger partial charge in [0.1, 0.15) is 5.69 Å². The Kier molecular flexibility index (Phi) is 5.34. The Hall–Kier alpha value is -2.51. The molecule has 0 aromatic heterocycles. The first-order valence-corrected chi connectivity index (χ1v) is 6.56. The summed E-state index contributed by atoms with van der Waals surface area (Å²) in [6, 6.07) is 3.39. The zero-order valence-corrected chi connectivity index (χ0v) is 12.2. The van der Waals surface area contributed by atoms with E-state index in [2.05, 4.69) is 10.5 Å². The lowest BCUT2D eigenvalue weighted by Gasteiger charge is -2.20. The van der Waals surface area contributed by atoms with Crippen LogP contribution in [0.4, 0.5) is 17.1 Å². The zero-order chi connectivity index (χ0) is 16.0. The highest BCUT2D eigenvalue weighted by Crippen LogP contribution is 2.29. The highest BCUT2D eigenvalue weighted by atomic mass is 16.6. The van der Waals surface area contributed by atoms with Gasteiger partial charge < -0.3 is 0 Å². The molecule has 114 valence electrons. The van der Waals surface area contributed by atoms with Crippen molar-refractivity contribution in [2.45, 2.75) is 33.6 Å². The first-order chi connectivity index (χ1) is 9.83. The van der Waals surface area contributed by atoms with Gasteiger partial charge in [0, 0.05) is 17.7 Å². The number of hydrogen-bond donors (Lipinski definition) is 1. The normalized spacial score (nSPS) is 11.6. The maximum Gasteiger partial charge on any atom is 0.301 e. The predicted molar refractivity (Wildman–Crippen MR) is 80.6 cm³/mol. The van der Waals surface area contributed by atoms with E-state index in [4.69, 9.17) is 0 Å². The second kappa shape index (κ2) is 6.78. The van der Waals surface area contributed by atoms with Crippen LogP contribution in [0.15, 0.2) is 23.3 Å². The van der Waals surface area contributed by atoms with Crippen LogP contribution < -0.4 is 5.43 Å². The molecule has 0 saturated heterocycles. The first-order valence-electron chi connectivity index (χ1n) is 6.56. The zero-order valence-electron chi connectivity index (χ0n) is 12.2. The molecule has 0 atom stereocenters. The van der Waals surface area contributed by atoms with Crippen molar-refractivity contribution in [3.8, 4) is 0 Å². The van der Waals surface area contributed by atoms with Gasteiger partial charge in [-0.15, -0.1) is 0 Å². The van der Waals surface area contributed by atoms with Crippen molar-refractivity contribution >= 4 is 23.3 Å². The molecule has 0 fully saturated rings. The second-order valence-electron chi connectivity index (χ2n) is 4.95. The average molecular weight is 294 g/mol. The summed E-state index contributed by atoms with van der Waals surface area (Å²) in [4.78, 5) is 20.3. The van der Waals surface area contributed by atoms with Crippen molar-refractivity contribution in [1.82, 2.24) is 0 Å². The topological polar surface area (TPSA) is 111 Å². The minimum Gasteiger partial charge on any atom is -0.272 e. The van der Waals surface area contributed by atoms with E-state index in [0.717, 1.165) is 18.9 Å². The number of anilines is 1. The highest BCUT2D eigenvalue weighted by molar-refractivity contribution is 5.69. The molecule has 1 aromatic rings. The van der Waals surface area contributed by atoms with Crippen molar-refractivity contribution in [2.24, 2.45) is 10.5 Å². The third-order valence-corrected chi connectivity index (χ3v) is 3.57. The molecular formula is C13H18N4O4. The van der Waals surface area contributed by atoms with Crippen molar-refractivity contribution in [1.29, 1.82) is 0 Å². The first kappa shape index (κ1) is 16.5. The summed E-state index contributed by atoms with van der Waals surface area (Å²) in [5.74, 6) is 0. The molecule has 0 aliphatic carbocycles. The van der Waals surface area contributed by atoms with Crippen molar-refractivity contribution < 1.29 is 9.85 Å². The van der Waals surface area contributed by atoms with Gasteiger partial charge in [-0.05, 0) is 18.9 Å². The van der Waals surface area contributed by atoms with E-state index < -0.39 is 9.85 Å². The van der Waals surface area contributed by atoms with E-state index in [0.29, 0.717) is 0 Å². The lowest BCUT2D eigenvalue weighted by atomic mass is 9.86. The van der Waals surface area contributed by atoms with E-state index in [1.807, 2.05) is 20.8 Å². The smallest absolute Gasteiger partial charge is 0.272 e. The molecule has 0 unspecified atom stereocenters. The summed E-state index contributed by atoms with van der Waals surface area (Å²) in [5, 5.41) is 25.6. The van der Waals surface area contributed by atoms with E-state index in [1.54, 1.807) is 6.21 Å². The largest absolute Gasteiger partial charge is 0.301 e. The Bertz CT molecular complexity index is 567. The van der Waals surface area contributed by atoms with Crippen molar-refractivity contribution in [2.75, 3.05) is 5.43 Å². The van der Waals surface area contributed by atoms with E-state index in [-0.39, 0.29) is 22.5 Å². The molecule has 1 N–H and O–H groups in total. The number of nitro groups is 2. The highest BCUT2D eigenvalue weighted by Gasteiger charge is 2.20. The van der Waals surface area contributed by atoms with Gasteiger partial charge in [0.15, 0.2) is 0 Å². The minimum atomic E-state index is -0.677. The molecule has 0 saturated carbocycles. The number of non-ortho nitro benzene ring substituents is 1. The van der Waals surface area contributed by atoms with Gasteiger partial charge in [-0.1, -0.05) is 20.8 Å². The summed E-state index contributed by atoms with van der Waals surface area (Å²) < 4.78 is 0. The van der Waals surface area contributed by atoms with Gasteiger partial charge in [-0.25, -0.2) is 0 Å². The summed E-state index contributed by atoms with van der Waals surface area (Å²) in [7, 11) is 0. The molecule has 0 aliphatic rings. The Labute approximate surface area is 122 Å². The Morgan fingerprint density at radius 3 is 2.33 bits per heavy atom. The van der Waals surface area contributed by atoms with Crippen LogP contribution in [-0.4, -0.2) is 16.1 Å². The molecule has 1 aromatic carbocycles. The monoisotopic (exact) mass is 294 g/mol. The molecule has 0 amide bonds. The number of nitrogens with one attached hydrogen (secondary N) is 1. The summed E-state index contributed by atoms with van der Waals surface area (Å²) in [6.45, 7) is 6.09. The summed E-state index contributed by atoms with van der Waals surface area (Å²) >= 11 is 0. The Morgan fingerprint density at radius 2 is 1.86 bits per heavy atom. The minimum absolute atomic E-state index is 0.0947. The van der Waals surface area contributed by atoms with Crippen LogP contribution in [0.2, 0.25) is 0 Å². The van der Waals surface area contributed by atoms with Crippen LogP contribution in [0.25, 0.3) is 0 Å². The van der Waals surface area contributed by atoms with Gasteiger partial charge in [0.25, 0.3) is 5.69 Å². The van der Waals surface area contributed by atoms with E-state index >= 15 is 0 Å². The lowest BCUT2D eigenvalue weighted by molar-refractivity contribution is -0.393. The fraction of sp³-hybridized carbons (Fsp3) is 0.462. The summed E-state index contributed by atoms with van der Waals surface area (Å²) in [6.07, 6.45) is 3.48. The molecule has 0 heterocycles. The number of hydrogen-bond acceptors (Lipinski definition) is 6. The maximum atomic E-state index is 11.0. The number of benzene rings is 1. The fourth-order valence-corrected chi connectivity index (χ4v) is 1.57. The number of nitrogens with zero attached hydrogens (tertiary/aromatic N) is 3. The van der Waals surface area contributed by atoms with Crippen molar-refractivity contribution in [3.05, 3.63) is 38.4 Å². The second-order valence-corrected chi connectivity index (χ2v) is 4.95. The predicted octanol–water partition coefficient (Wildman–Crippen LogP) is 3.73. The van der Waals surface area contributed by atoms with Crippen LogP contribution in [0.5, 0.6) is 0 Å². The molecular weight excluding hydrogens is 276 g/mol. The van der Waals surface area contributed by atoms with E-state index in [9.17, 15) is 20.2 Å². The van der Waals surface area contributed by atoms with Gasteiger partial charge in [-0.2, -0.15) is 5.10 Å². The SMILES string of the molecule is CCC(C)(/C=N/Nc1ccc([N+](=O)[O-])cc1[N+](=O)[O-])CC. The Balaban J connectivity index is 3.01. The van der Waals surface area contributed by atoms with Gasteiger partial charge in [-0.3, -0.25) is 25.7 Å². The van der Waals surface area contributed by atoms with E-state index in [1.165, 1.54) is 12.1 Å². The molecule has 8 nitrogen and oxygen atoms in total. The molecule has 1 rings (SSSR count). The third-order valence-electron chi connectivity index (χ3n) is 3.57. The van der Waals surface area contributed by atoms with Crippen LogP contribution in [0, 0.1) is 25.6 Å². The van der Waals surface area contributed by atoms with Crippen LogP contribution in [0.3, 0.4) is 0 Å². The van der Waals surface area contributed by atoms with Gasteiger partial charge >= 0.3 is 5.69 Å². The van der Waals surface area contributed by atoms with Crippen LogP contribution >= 0.6 is 0 Å². The molecule has 8 heteroatoms. The molecule has 0 aliphatic heterocycles. The standard InChI is InChI=1S/C13H18N4O4/c1-4-13(3,5-2)9-14-15-11-7-6-10(16(18)19)8-12(11)17(20)21/h6-9,15H,4-5H2,1-3H3/b14-9+. The number of nitro benzene ring substituents is 2. The van der Waals surface area contributed by atoms with Gasteiger partial charge in [0.05, 0.1) is 15.9 Å². The number of hydrazone groups is 1. The summed E-state index contributed by atoms with van der Waals surface area (Å²) in [5.41, 5.74) is 1.91. The average Bonchev–Trinajstić information content (AvgIpc) is 2.46. The lowest BCUT2D eigenvalue weighted by Crippen LogP contribution is -2.16.